The molecule has 3 aromatic rings. The van der Waals surface area contributed by atoms with Gasteiger partial charge in [0.2, 0.25) is 5.91 Å². The number of anilines is 2. The average Bonchev–Trinajstić information content (AvgIpc) is 3.04. The van der Waals surface area contributed by atoms with E-state index in [0.717, 1.165) is 27.8 Å². The Kier molecular flexibility index (Phi) is 4.86. The van der Waals surface area contributed by atoms with E-state index in [1.165, 1.54) is 11.3 Å². The molecule has 0 atom stereocenters. The summed E-state index contributed by atoms with van der Waals surface area (Å²) in [5.41, 5.74) is 3.35. The van der Waals surface area contributed by atoms with Crippen molar-refractivity contribution in [2.24, 2.45) is 0 Å². The summed E-state index contributed by atoms with van der Waals surface area (Å²) in [6, 6.07) is 13.4. The molecule has 0 saturated heterocycles. The summed E-state index contributed by atoms with van der Waals surface area (Å²) in [5.74, 6) is -0.0813. The minimum atomic E-state index is -0.0813. The first-order valence-electron chi connectivity index (χ1n) is 7.55. The Labute approximate surface area is 145 Å². The SMILES string of the molecule is CN(C)c1ccccc1NC(=O)Cc1csc(-c2ccccn2)n1. The predicted molar refractivity (Wildman–Crippen MR) is 98.4 cm³/mol. The van der Waals surface area contributed by atoms with Crippen molar-refractivity contribution >= 4 is 28.6 Å². The van der Waals surface area contributed by atoms with Gasteiger partial charge in [-0.05, 0) is 24.3 Å². The quantitative estimate of drug-likeness (QED) is 0.774. The van der Waals surface area contributed by atoms with Gasteiger partial charge < -0.3 is 10.2 Å². The van der Waals surface area contributed by atoms with Gasteiger partial charge >= 0.3 is 0 Å². The molecule has 5 nitrogen and oxygen atoms in total. The van der Waals surface area contributed by atoms with Gasteiger partial charge in [-0.15, -0.1) is 11.3 Å². The topological polar surface area (TPSA) is 58.1 Å². The van der Waals surface area contributed by atoms with Crippen molar-refractivity contribution in [2.45, 2.75) is 6.42 Å². The van der Waals surface area contributed by atoms with Crippen LogP contribution in [0.5, 0.6) is 0 Å². The lowest BCUT2D eigenvalue weighted by atomic mass is 10.2. The van der Waals surface area contributed by atoms with Crippen molar-refractivity contribution < 1.29 is 4.79 Å². The Morgan fingerprint density at radius 2 is 1.96 bits per heavy atom. The Balaban J connectivity index is 1.69. The van der Waals surface area contributed by atoms with Crippen molar-refractivity contribution in [1.29, 1.82) is 0 Å². The number of nitrogens with zero attached hydrogens (tertiary/aromatic N) is 3. The highest BCUT2D eigenvalue weighted by Gasteiger charge is 2.12. The Morgan fingerprint density at radius 3 is 2.71 bits per heavy atom. The fraction of sp³-hybridized carbons (Fsp3) is 0.167. The van der Waals surface area contributed by atoms with E-state index in [-0.39, 0.29) is 12.3 Å². The minimum Gasteiger partial charge on any atom is -0.376 e. The third kappa shape index (κ3) is 3.78. The van der Waals surface area contributed by atoms with Gasteiger partial charge in [-0.2, -0.15) is 0 Å². The van der Waals surface area contributed by atoms with E-state index in [2.05, 4.69) is 15.3 Å². The highest BCUT2D eigenvalue weighted by atomic mass is 32.1. The van der Waals surface area contributed by atoms with E-state index in [4.69, 9.17) is 0 Å². The molecular weight excluding hydrogens is 320 g/mol. The maximum atomic E-state index is 12.3. The summed E-state index contributed by atoms with van der Waals surface area (Å²) < 4.78 is 0. The number of para-hydroxylation sites is 2. The van der Waals surface area contributed by atoms with Crippen LogP contribution in [0.3, 0.4) is 0 Å². The second kappa shape index (κ2) is 7.23. The largest absolute Gasteiger partial charge is 0.376 e. The molecule has 2 heterocycles. The molecule has 1 N–H and O–H groups in total. The molecule has 0 aliphatic heterocycles. The van der Waals surface area contributed by atoms with E-state index in [9.17, 15) is 4.79 Å². The fourth-order valence-corrected chi connectivity index (χ4v) is 3.12. The number of carbonyl (C=O) groups is 1. The highest BCUT2D eigenvalue weighted by molar-refractivity contribution is 7.13. The number of thiazole rings is 1. The third-order valence-corrected chi connectivity index (χ3v) is 4.35. The molecule has 0 radical (unpaired) electrons. The summed E-state index contributed by atoms with van der Waals surface area (Å²) in [5, 5.41) is 5.69. The number of hydrogen-bond donors (Lipinski definition) is 1. The van der Waals surface area contributed by atoms with Gasteiger partial charge in [0.05, 0.1) is 29.2 Å². The number of aromatic nitrogens is 2. The van der Waals surface area contributed by atoms with E-state index in [1.807, 2.05) is 66.8 Å². The van der Waals surface area contributed by atoms with Crippen LogP contribution in [0.1, 0.15) is 5.69 Å². The first-order valence-corrected chi connectivity index (χ1v) is 8.43. The van der Waals surface area contributed by atoms with Crippen molar-refractivity contribution in [3.63, 3.8) is 0 Å². The monoisotopic (exact) mass is 338 g/mol. The molecule has 0 spiro atoms. The molecule has 6 heteroatoms. The lowest BCUT2D eigenvalue weighted by Crippen LogP contribution is -2.18. The number of hydrogen-bond acceptors (Lipinski definition) is 5. The molecule has 3 rings (SSSR count). The molecule has 1 aromatic carbocycles. The van der Waals surface area contributed by atoms with Gasteiger partial charge in [0.1, 0.15) is 5.01 Å². The second-order valence-electron chi connectivity index (χ2n) is 5.50. The zero-order chi connectivity index (χ0) is 16.9. The molecule has 0 aliphatic carbocycles. The van der Waals surface area contributed by atoms with Gasteiger partial charge in [-0.1, -0.05) is 18.2 Å². The number of benzene rings is 1. The van der Waals surface area contributed by atoms with Gasteiger partial charge in [0, 0.05) is 25.7 Å². The van der Waals surface area contributed by atoms with E-state index >= 15 is 0 Å². The van der Waals surface area contributed by atoms with E-state index in [0.29, 0.717) is 0 Å². The van der Waals surface area contributed by atoms with E-state index < -0.39 is 0 Å². The van der Waals surface area contributed by atoms with Crippen LogP contribution in [0, 0.1) is 0 Å². The molecule has 0 aliphatic rings. The lowest BCUT2D eigenvalue weighted by Gasteiger charge is -2.17. The van der Waals surface area contributed by atoms with Gasteiger partial charge in [0.15, 0.2) is 0 Å². The summed E-state index contributed by atoms with van der Waals surface area (Å²) in [4.78, 5) is 23.1. The molecule has 24 heavy (non-hydrogen) atoms. The molecule has 1 amide bonds. The maximum Gasteiger partial charge on any atom is 0.230 e. The summed E-state index contributed by atoms with van der Waals surface area (Å²) in [6.45, 7) is 0. The van der Waals surface area contributed by atoms with Crippen LogP contribution in [0.4, 0.5) is 11.4 Å². The van der Waals surface area contributed by atoms with Crippen molar-refractivity contribution in [3.05, 3.63) is 59.7 Å². The normalized spacial score (nSPS) is 10.4. The summed E-state index contributed by atoms with van der Waals surface area (Å²) in [6.07, 6.45) is 1.98. The first kappa shape index (κ1) is 16.1. The molecule has 0 saturated carbocycles. The Hall–Kier alpha value is -2.73. The molecule has 122 valence electrons. The van der Waals surface area contributed by atoms with Gasteiger partial charge in [-0.25, -0.2) is 4.98 Å². The molecule has 2 aromatic heterocycles. The maximum absolute atomic E-state index is 12.3. The molecule has 0 unspecified atom stereocenters. The third-order valence-electron chi connectivity index (χ3n) is 3.44. The Bertz CT molecular complexity index is 830. The Morgan fingerprint density at radius 1 is 1.17 bits per heavy atom. The minimum absolute atomic E-state index is 0.0813. The predicted octanol–water partition coefficient (Wildman–Crippen LogP) is 3.45. The number of carbonyl (C=O) groups excluding carboxylic acids is 1. The summed E-state index contributed by atoms with van der Waals surface area (Å²) >= 11 is 1.50. The van der Waals surface area contributed by atoms with Gasteiger partial charge in [-0.3, -0.25) is 9.78 Å². The average molecular weight is 338 g/mol. The smallest absolute Gasteiger partial charge is 0.230 e. The van der Waals surface area contributed by atoms with Crippen LogP contribution in [-0.2, 0) is 11.2 Å². The van der Waals surface area contributed by atoms with Crippen molar-refractivity contribution in [3.8, 4) is 10.7 Å². The molecular formula is C18H18N4OS. The number of pyridine rings is 1. The second-order valence-corrected chi connectivity index (χ2v) is 6.35. The molecule has 0 bridgehead atoms. The van der Waals surface area contributed by atoms with Crippen LogP contribution >= 0.6 is 11.3 Å². The van der Waals surface area contributed by atoms with Gasteiger partial charge in [0.25, 0.3) is 0 Å². The highest BCUT2D eigenvalue weighted by Crippen LogP contribution is 2.24. The van der Waals surface area contributed by atoms with Crippen molar-refractivity contribution in [1.82, 2.24) is 9.97 Å². The van der Waals surface area contributed by atoms with Crippen LogP contribution in [0.2, 0.25) is 0 Å². The zero-order valence-corrected chi connectivity index (χ0v) is 14.4. The van der Waals surface area contributed by atoms with Crippen LogP contribution in [0.15, 0.2) is 54.0 Å². The fourth-order valence-electron chi connectivity index (χ4n) is 2.32. The van der Waals surface area contributed by atoms with Crippen LogP contribution in [-0.4, -0.2) is 30.0 Å². The molecule has 0 fully saturated rings. The lowest BCUT2D eigenvalue weighted by molar-refractivity contribution is -0.115. The zero-order valence-electron chi connectivity index (χ0n) is 13.6. The number of rotatable bonds is 5. The summed E-state index contributed by atoms with van der Waals surface area (Å²) in [7, 11) is 3.90. The standard InChI is InChI=1S/C18H18N4OS/c1-22(2)16-9-4-3-7-14(16)21-17(23)11-13-12-24-18(20-13)15-8-5-6-10-19-15/h3-10,12H,11H2,1-2H3,(H,21,23). The first-order chi connectivity index (χ1) is 11.6. The number of amides is 1. The number of nitrogens with one attached hydrogen (secondary N) is 1. The van der Waals surface area contributed by atoms with Crippen molar-refractivity contribution in [2.75, 3.05) is 24.3 Å². The van der Waals surface area contributed by atoms with Crippen LogP contribution < -0.4 is 10.2 Å². The van der Waals surface area contributed by atoms with E-state index in [1.54, 1.807) is 6.20 Å². The van der Waals surface area contributed by atoms with Crippen LogP contribution in [0.25, 0.3) is 10.7 Å².